The van der Waals surface area contributed by atoms with Crippen molar-refractivity contribution in [2.45, 2.75) is 32.0 Å². The molecule has 2 aliphatic rings. The third-order valence-corrected chi connectivity index (χ3v) is 4.05. The van der Waals surface area contributed by atoms with Crippen molar-refractivity contribution in [3.05, 3.63) is 29.8 Å². The molecule has 2 fully saturated rings. The van der Waals surface area contributed by atoms with Gasteiger partial charge in [-0.25, -0.2) is 0 Å². The van der Waals surface area contributed by atoms with Gasteiger partial charge in [0.2, 0.25) is 5.91 Å². The van der Waals surface area contributed by atoms with E-state index in [1.165, 1.54) is 0 Å². The maximum absolute atomic E-state index is 12.1. The summed E-state index contributed by atoms with van der Waals surface area (Å²) in [5, 5.41) is 3.07. The second-order valence-corrected chi connectivity index (χ2v) is 5.48. The Kier molecular flexibility index (Phi) is 4.41. The molecule has 2 atom stereocenters. The highest BCUT2D eigenvalue weighted by Gasteiger charge is 2.43. The number of carbonyl (C=O) groups excluding carboxylic acids is 1. The molecule has 0 radical (unpaired) electrons. The number of fused-ring (bicyclic) bond motifs is 1. The van der Waals surface area contributed by atoms with E-state index in [4.69, 9.17) is 9.47 Å². The summed E-state index contributed by atoms with van der Waals surface area (Å²) in [4.78, 5) is 14.3. The average Bonchev–Trinajstić information content (AvgIpc) is 2.86. The summed E-state index contributed by atoms with van der Waals surface area (Å²) in [7, 11) is 0. The van der Waals surface area contributed by atoms with E-state index in [9.17, 15) is 4.79 Å². The fraction of sp³-hybridized carbons (Fsp3) is 0.562. The van der Waals surface area contributed by atoms with Gasteiger partial charge in [0.15, 0.2) is 0 Å². The molecule has 1 aromatic carbocycles. The normalized spacial score (nSPS) is 25.5. The Bertz CT molecular complexity index is 506. The quantitative estimate of drug-likeness (QED) is 0.839. The first-order chi connectivity index (χ1) is 10.3. The smallest absolute Gasteiger partial charge is 0.241 e. The van der Waals surface area contributed by atoms with Gasteiger partial charge in [-0.1, -0.05) is 31.5 Å². The van der Waals surface area contributed by atoms with Crippen LogP contribution in [0.2, 0.25) is 0 Å². The van der Waals surface area contributed by atoms with E-state index < -0.39 is 0 Å². The third kappa shape index (κ3) is 2.89. The number of hydrogen-bond donors (Lipinski definition) is 1. The second kappa shape index (κ2) is 6.45. The molecule has 0 bridgehead atoms. The first kappa shape index (κ1) is 14.4. The number of ether oxygens (including phenoxy) is 2. The molecule has 2 saturated heterocycles. The molecular formula is C16H22N2O3. The van der Waals surface area contributed by atoms with E-state index in [1.807, 2.05) is 24.3 Å². The van der Waals surface area contributed by atoms with Gasteiger partial charge in [-0.2, -0.15) is 0 Å². The lowest BCUT2D eigenvalue weighted by Gasteiger charge is -2.32. The van der Waals surface area contributed by atoms with Crippen molar-refractivity contribution in [2.24, 2.45) is 0 Å². The maximum atomic E-state index is 12.1. The minimum absolute atomic E-state index is 0.0445. The first-order valence-electron chi connectivity index (χ1n) is 7.67. The van der Waals surface area contributed by atoms with Gasteiger partial charge < -0.3 is 14.8 Å². The van der Waals surface area contributed by atoms with Gasteiger partial charge in [0.1, 0.15) is 18.0 Å². The molecule has 2 aliphatic heterocycles. The Morgan fingerprint density at radius 2 is 2.29 bits per heavy atom. The number of morpholine rings is 1. The van der Waals surface area contributed by atoms with Crippen LogP contribution in [0.1, 0.15) is 31.5 Å². The first-order valence-corrected chi connectivity index (χ1v) is 7.67. The molecule has 5 heteroatoms. The zero-order valence-corrected chi connectivity index (χ0v) is 12.4. The SMILES string of the molecule is CCCCOc1ccccc1[C@@H]1NC(=O)[C@@H]2COCCN21. The minimum Gasteiger partial charge on any atom is -0.493 e. The topological polar surface area (TPSA) is 50.8 Å². The lowest BCUT2D eigenvalue weighted by Crippen LogP contribution is -2.44. The van der Waals surface area contributed by atoms with Crippen molar-refractivity contribution in [1.82, 2.24) is 10.2 Å². The van der Waals surface area contributed by atoms with Crippen LogP contribution in [0.3, 0.4) is 0 Å². The van der Waals surface area contributed by atoms with Crippen LogP contribution in [-0.2, 0) is 9.53 Å². The van der Waals surface area contributed by atoms with E-state index in [0.29, 0.717) is 19.8 Å². The van der Waals surface area contributed by atoms with E-state index in [0.717, 1.165) is 30.7 Å². The van der Waals surface area contributed by atoms with Gasteiger partial charge in [-0.05, 0) is 12.5 Å². The molecule has 1 amide bonds. The average molecular weight is 290 g/mol. The number of unbranched alkanes of at least 4 members (excludes halogenated alkanes) is 1. The highest BCUT2D eigenvalue weighted by Crippen LogP contribution is 2.33. The van der Waals surface area contributed by atoms with Crippen molar-refractivity contribution in [2.75, 3.05) is 26.4 Å². The Labute approximate surface area is 125 Å². The summed E-state index contributed by atoms with van der Waals surface area (Å²) in [5.41, 5.74) is 1.03. The molecule has 0 spiro atoms. The molecule has 1 N–H and O–H groups in total. The number of amides is 1. The van der Waals surface area contributed by atoms with Crippen LogP contribution >= 0.6 is 0 Å². The molecule has 0 aromatic heterocycles. The van der Waals surface area contributed by atoms with Crippen LogP contribution in [0.25, 0.3) is 0 Å². The van der Waals surface area contributed by atoms with Gasteiger partial charge >= 0.3 is 0 Å². The zero-order valence-electron chi connectivity index (χ0n) is 12.4. The van der Waals surface area contributed by atoms with Crippen molar-refractivity contribution in [3.63, 3.8) is 0 Å². The monoisotopic (exact) mass is 290 g/mol. The lowest BCUT2D eigenvalue weighted by atomic mass is 10.1. The number of carbonyl (C=O) groups is 1. The predicted molar refractivity (Wildman–Crippen MR) is 79.0 cm³/mol. The minimum atomic E-state index is -0.174. The van der Waals surface area contributed by atoms with Crippen LogP contribution in [0.5, 0.6) is 5.75 Å². The zero-order chi connectivity index (χ0) is 14.7. The molecule has 5 nitrogen and oxygen atoms in total. The highest BCUT2D eigenvalue weighted by atomic mass is 16.5. The van der Waals surface area contributed by atoms with Crippen molar-refractivity contribution in [1.29, 1.82) is 0 Å². The molecule has 0 aliphatic carbocycles. The summed E-state index contributed by atoms with van der Waals surface area (Å²) < 4.78 is 11.3. The Morgan fingerprint density at radius 3 is 3.14 bits per heavy atom. The Morgan fingerprint density at radius 1 is 1.43 bits per heavy atom. The molecule has 0 unspecified atom stereocenters. The molecule has 3 rings (SSSR count). The molecule has 1 aromatic rings. The van der Waals surface area contributed by atoms with Gasteiger partial charge in [-0.15, -0.1) is 0 Å². The summed E-state index contributed by atoms with van der Waals surface area (Å²) >= 11 is 0. The summed E-state index contributed by atoms with van der Waals surface area (Å²) in [6.07, 6.45) is 2.03. The molecule has 21 heavy (non-hydrogen) atoms. The van der Waals surface area contributed by atoms with Crippen molar-refractivity contribution in [3.8, 4) is 5.75 Å². The molecular weight excluding hydrogens is 268 g/mol. The van der Waals surface area contributed by atoms with E-state index in [1.54, 1.807) is 0 Å². The Balaban J connectivity index is 1.81. The van der Waals surface area contributed by atoms with Crippen LogP contribution in [0.15, 0.2) is 24.3 Å². The second-order valence-electron chi connectivity index (χ2n) is 5.48. The number of hydrogen-bond acceptors (Lipinski definition) is 4. The fourth-order valence-corrected chi connectivity index (χ4v) is 2.89. The number of nitrogens with one attached hydrogen (secondary N) is 1. The van der Waals surface area contributed by atoms with Gasteiger partial charge in [-0.3, -0.25) is 9.69 Å². The predicted octanol–water partition coefficient (Wildman–Crippen LogP) is 1.69. The largest absolute Gasteiger partial charge is 0.493 e. The van der Waals surface area contributed by atoms with Crippen LogP contribution < -0.4 is 10.1 Å². The van der Waals surface area contributed by atoms with Gasteiger partial charge in [0, 0.05) is 12.1 Å². The van der Waals surface area contributed by atoms with Crippen molar-refractivity contribution >= 4 is 5.91 Å². The Hall–Kier alpha value is -1.59. The van der Waals surface area contributed by atoms with Gasteiger partial charge in [0.05, 0.1) is 19.8 Å². The van der Waals surface area contributed by atoms with Crippen LogP contribution in [0, 0.1) is 0 Å². The fourth-order valence-electron chi connectivity index (χ4n) is 2.89. The summed E-state index contributed by atoms with van der Waals surface area (Å²) in [6.45, 7) is 4.75. The maximum Gasteiger partial charge on any atom is 0.241 e. The van der Waals surface area contributed by atoms with Crippen molar-refractivity contribution < 1.29 is 14.3 Å². The molecule has 2 heterocycles. The molecule has 0 saturated carbocycles. The van der Waals surface area contributed by atoms with Gasteiger partial charge in [0.25, 0.3) is 0 Å². The highest BCUT2D eigenvalue weighted by molar-refractivity contribution is 5.84. The molecule has 114 valence electrons. The standard InChI is InChI=1S/C16H22N2O3/c1-2-3-9-21-14-7-5-4-6-12(14)15-17-16(19)13-11-20-10-8-18(13)15/h4-7,13,15H,2-3,8-11H2,1H3,(H,17,19)/t13-,15+/m0/s1. The van der Waals surface area contributed by atoms with Crippen LogP contribution in [-0.4, -0.2) is 43.2 Å². The number of benzene rings is 1. The van der Waals surface area contributed by atoms with E-state index in [2.05, 4.69) is 17.1 Å². The summed E-state index contributed by atoms with van der Waals surface area (Å²) in [6, 6.07) is 7.79. The lowest BCUT2D eigenvalue weighted by molar-refractivity contribution is -0.125. The summed E-state index contributed by atoms with van der Waals surface area (Å²) in [5.74, 6) is 0.909. The van der Waals surface area contributed by atoms with E-state index >= 15 is 0 Å². The number of nitrogens with zero attached hydrogens (tertiary/aromatic N) is 1. The van der Waals surface area contributed by atoms with E-state index in [-0.39, 0.29) is 18.1 Å². The number of para-hydroxylation sites is 1. The number of rotatable bonds is 5. The van der Waals surface area contributed by atoms with Crippen LogP contribution in [0.4, 0.5) is 0 Å². The third-order valence-electron chi connectivity index (χ3n) is 4.05.